The Morgan fingerprint density at radius 3 is 2.58 bits per heavy atom. The number of rotatable bonds is 5. The lowest BCUT2D eigenvalue weighted by Crippen LogP contribution is -2.42. The third-order valence-electron chi connectivity index (χ3n) is 4.74. The number of imidazole rings is 1. The molecular formula is C20H19N3O3. The highest BCUT2D eigenvalue weighted by Crippen LogP contribution is 2.33. The molecule has 0 aliphatic heterocycles. The van der Waals surface area contributed by atoms with Crippen molar-refractivity contribution in [1.29, 1.82) is 0 Å². The van der Waals surface area contributed by atoms with Crippen molar-refractivity contribution in [3.63, 3.8) is 0 Å². The number of nitrogens with zero attached hydrogens (tertiary/aromatic N) is 2. The predicted octanol–water partition coefficient (Wildman–Crippen LogP) is 2.93. The quantitative estimate of drug-likeness (QED) is 0.742. The van der Waals surface area contributed by atoms with Crippen LogP contribution in [0.2, 0.25) is 0 Å². The summed E-state index contributed by atoms with van der Waals surface area (Å²) < 4.78 is 2.03. The average Bonchev–Trinajstić information content (AvgIpc) is 3.41. The number of hydrogen-bond acceptors (Lipinski definition) is 3. The van der Waals surface area contributed by atoms with Gasteiger partial charge in [-0.15, -0.1) is 0 Å². The lowest BCUT2D eigenvalue weighted by molar-refractivity contribution is -0.139. The second-order valence-corrected chi connectivity index (χ2v) is 6.66. The molecule has 2 N–H and O–H groups in total. The average molecular weight is 349 g/mol. The molecule has 4 rings (SSSR count). The van der Waals surface area contributed by atoms with Gasteiger partial charge in [0.2, 0.25) is 0 Å². The predicted molar refractivity (Wildman–Crippen MR) is 97.4 cm³/mol. The number of aromatic nitrogens is 2. The molecule has 1 aliphatic rings. The van der Waals surface area contributed by atoms with E-state index in [1.165, 1.54) is 0 Å². The fraction of sp³-hybridized carbons (Fsp3) is 0.250. The maximum absolute atomic E-state index is 12.5. The van der Waals surface area contributed by atoms with Gasteiger partial charge in [0.1, 0.15) is 11.9 Å². The second kappa shape index (κ2) is 6.29. The summed E-state index contributed by atoms with van der Waals surface area (Å²) >= 11 is 0. The van der Waals surface area contributed by atoms with Crippen molar-refractivity contribution < 1.29 is 14.7 Å². The number of para-hydroxylation sites is 1. The number of carbonyl (C=O) groups excluding carboxylic acids is 1. The molecule has 6 nitrogen and oxygen atoms in total. The summed E-state index contributed by atoms with van der Waals surface area (Å²) in [5.41, 5.74) is 3.03. The van der Waals surface area contributed by atoms with Gasteiger partial charge in [0.15, 0.2) is 0 Å². The third-order valence-corrected chi connectivity index (χ3v) is 4.74. The highest BCUT2D eigenvalue weighted by molar-refractivity contribution is 5.99. The first-order chi connectivity index (χ1) is 12.5. The van der Waals surface area contributed by atoms with Gasteiger partial charge in [0.05, 0.1) is 11.0 Å². The van der Waals surface area contributed by atoms with Gasteiger partial charge in [-0.2, -0.15) is 0 Å². The van der Waals surface area contributed by atoms with E-state index < -0.39 is 12.0 Å². The van der Waals surface area contributed by atoms with Crippen LogP contribution >= 0.6 is 0 Å². The summed E-state index contributed by atoms with van der Waals surface area (Å²) in [5, 5.41) is 11.9. The Kier molecular flexibility index (Phi) is 3.95. The minimum Gasteiger partial charge on any atom is -0.480 e. The Bertz CT molecular complexity index is 990. The molecule has 132 valence electrons. The van der Waals surface area contributed by atoms with Crippen molar-refractivity contribution in [2.75, 3.05) is 0 Å². The Morgan fingerprint density at radius 1 is 1.19 bits per heavy atom. The maximum Gasteiger partial charge on any atom is 0.326 e. The molecule has 2 aromatic carbocycles. The van der Waals surface area contributed by atoms with Crippen LogP contribution < -0.4 is 5.32 Å². The van der Waals surface area contributed by atoms with Gasteiger partial charge >= 0.3 is 5.97 Å². The van der Waals surface area contributed by atoms with E-state index in [2.05, 4.69) is 10.3 Å². The minimum atomic E-state index is -0.980. The molecule has 6 heteroatoms. The number of aryl methyl sites for hydroxylation is 1. The monoisotopic (exact) mass is 349 g/mol. The van der Waals surface area contributed by atoms with Gasteiger partial charge in [-0.3, -0.25) is 9.36 Å². The molecule has 1 aliphatic carbocycles. The molecule has 0 radical (unpaired) electrons. The van der Waals surface area contributed by atoms with Crippen molar-refractivity contribution in [3.05, 3.63) is 59.9 Å². The first-order valence-electron chi connectivity index (χ1n) is 8.63. The molecule has 1 heterocycles. The summed E-state index contributed by atoms with van der Waals surface area (Å²) in [5.74, 6) is -0.492. The number of nitrogens with one attached hydrogen (secondary N) is 1. The van der Waals surface area contributed by atoms with Crippen molar-refractivity contribution in [2.24, 2.45) is 5.92 Å². The van der Waals surface area contributed by atoms with Crippen molar-refractivity contribution in [1.82, 2.24) is 14.9 Å². The number of aliphatic carboxylic acids is 1. The van der Waals surface area contributed by atoms with E-state index in [9.17, 15) is 14.7 Å². The van der Waals surface area contributed by atoms with Crippen molar-refractivity contribution >= 4 is 22.9 Å². The maximum atomic E-state index is 12.5. The van der Waals surface area contributed by atoms with Gasteiger partial charge < -0.3 is 10.4 Å². The number of carboxylic acid groups (broad SMARTS) is 1. The molecule has 1 amide bonds. The van der Waals surface area contributed by atoms with Gasteiger partial charge in [-0.1, -0.05) is 18.2 Å². The van der Waals surface area contributed by atoms with Crippen LogP contribution in [0.25, 0.3) is 16.7 Å². The molecule has 0 spiro atoms. The van der Waals surface area contributed by atoms with Gasteiger partial charge in [0.25, 0.3) is 5.91 Å². The second-order valence-electron chi connectivity index (χ2n) is 6.66. The van der Waals surface area contributed by atoms with E-state index in [0.29, 0.717) is 11.1 Å². The molecular weight excluding hydrogens is 330 g/mol. The van der Waals surface area contributed by atoms with E-state index in [1.54, 1.807) is 12.1 Å². The minimum absolute atomic E-state index is 0.0414. The van der Waals surface area contributed by atoms with Gasteiger partial charge in [0, 0.05) is 11.3 Å². The zero-order valence-corrected chi connectivity index (χ0v) is 14.3. The van der Waals surface area contributed by atoms with Crippen LogP contribution in [-0.2, 0) is 4.79 Å². The summed E-state index contributed by atoms with van der Waals surface area (Å²) in [6.07, 6.45) is 1.69. The first kappa shape index (κ1) is 16.3. The number of amides is 1. The van der Waals surface area contributed by atoms with Gasteiger partial charge in [-0.25, -0.2) is 9.78 Å². The van der Waals surface area contributed by atoms with Crippen LogP contribution in [0.1, 0.15) is 29.0 Å². The zero-order valence-electron chi connectivity index (χ0n) is 14.3. The highest BCUT2D eigenvalue weighted by atomic mass is 16.4. The van der Waals surface area contributed by atoms with E-state index in [4.69, 9.17) is 0 Å². The SMILES string of the molecule is Cc1nc2cc(C(=O)NC(C(=O)O)C3CC3)ccc2n1-c1ccccc1. The molecule has 1 atom stereocenters. The largest absolute Gasteiger partial charge is 0.480 e. The lowest BCUT2D eigenvalue weighted by atomic mass is 10.1. The third kappa shape index (κ3) is 2.94. The molecule has 0 saturated heterocycles. The van der Waals surface area contributed by atoms with Crippen LogP contribution in [0.5, 0.6) is 0 Å². The fourth-order valence-corrected chi connectivity index (χ4v) is 3.28. The van der Waals surface area contributed by atoms with Crippen LogP contribution in [0.4, 0.5) is 0 Å². The fourth-order valence-electron chi connectivity index (χ4n) is 3.28. The van der Waals surface area contributed by atoms with Gasteiger partial charge in [-0.05, 0) is 56.0 Å². The number of fused-ring (bicyclic) bond motifs is 1. The number of carbonyl (C=O) groups is 2. The van der Waals surface area contributed by atoms with Crippen molar-refractivity contribution in [2.45, 2.75) is 25.8 Å². The van der Waals surface area contributed by atoms with Crippen LogP contribution in [0, 0.1) is 12.8 Å². The molecule has 1 aromatic heterocycles. The summed E-state index contributed by atoms with van der Waals surface area (Å²) in [4.78, 5) is 28.4. The molecule has 1 fully saturated rings. The Morgan fingerprint density at radius 2 is 1.92 bits per heavy atom. The Labute approximate surface area is 150 Å². The topological polar surface area (TPSA) is 84.2 Å². The molecule has 0 bridgehead atoms. The summed E-state index contributed by atoms with van der Waals surface area (Å²) in [6.45, 7) is 1.92. The first-order valence-corrected chi connectivity index (χ1v) is 8.63. The van der Waals surface area contributed by atoms with E-state index in [-0.39, 0.29) is 11.8 Å². The normalized spacial score (nSPS) is 15.0. The smallest absolute Gasteiger partial charge is 0.326 e. The van der Waals surface area contributed by atoms with Crippen molar-refractivity contribution in [3.8, 4) is 5.69 Å². The van der Waals surface area contributed by atoms with E-state index in [1.807, 2.05) is 47.9 Å². The number of carboxylic acids is 1. The number of hydrogen-bond donors (Lipinski definition) is 2. The van der Waals surface area contributed by atoms with Crippen LogP contribution in [0.15, 0.2) is 48.5 Å². The molecule has 1 saturated carbocycles. The Balaban J connectivity index is 1.66. The summed E-state index contributed by atoms with van der Waals surface area (Å²) in [6, 6.07) is 14.3. The zero-order chi connectivity index (χ0) is 18.3. The van der Waals surface area contributed by atoms with Crippen LogP contribution in [-0.4, -0.2) is 32.6 Å². The standard InChI is InChI=1S/C20H19N3O3/c1-12-21-16-11-14(19(24)22-18(20(25)26)13-7-8-13)9-10-17(16)23(12)15-5-3-2-4-6-15/h2-6,9-11,13,18H,7-8H2,1H3,(H,22,24)(H,25,26). The molecule has 26 heavy (non-hydrogen) atoms. The van der Waals surface area contributed by atoms with E-state index >= 15 is 0 Å². The molecule has 3 aromatic rings. The highest BCUT2D eigenvalue weighted by Gasteiger charge is 2.37. The number of benzene rings is 2. The lowest BCUT2D eigenvalue weighted by Gasteiger charge is -2.13. The molecule has 1 unspecified atom stereocenters. The van der Waals surface area contributed by atoms with E-state index in [0.717, 1.165) is 29.9 Å². The van der Waals surface area contributed by atoms with Crippen LogP contribution in [0.3, 0.4) is 0 Å². The Hall–Kier alpha value is -3.15. The summed E-state index contributed by atoms with van der Waals surface area (Å²) in [7, 11) is 0.